The van der Waals surface area contributed by atoms with Crippen molar-refractivity contribution in [2.75, 3.05) is 20.3 Å². The lowest BCUT2D eigenvalue weighted by molar-refractivity contribution is 0.131. The van der Waals surface area contributed by atoms with Crippen molar-refractivity contribution in [1.82, 2.24) is 24.9 Å². The van der Waals surface area contributed by atoms with E-state index in [2.05, 4.69) is 39.3 Å². The third-order valence-electron chi connectivity index (χ3n) is 3.91. The van der Waals surface area contributed by atoms with E-state index in [0.717, 1.165) is 31.9 Å². The lowest BCUT2D eigenvalue weighted by Crippen LogP contribution is -2.36. The van der Waals surface area contributed by atoms with Crippen molar-refractivity contribution >= 4 is 0 Å². The van der Waals surface area contributed by atoms with Gasteiger partial charge in [-0.25, -0.2) is 4.68 Å². The molecule has 0 aromatic carbocycles. The Morgan fingerprint density at radius 1 is 1.33 bits per heavy atom. The quantitative estimate of drug-likeness (QED) is 0.833. The molecule has 2 aromatic heterocycles. The molecule has 3 heterocycles. The number of pyridine rings is 1. The molecule has 1 aliphatic rings. The highest BCUT2D eigenvalue weighted by Gasteiger charge is 2.30. The largest absolute Gasteiger partial charge is 0.384 e. The van der Waals surface area contributed by atoms with Crippen molar-refractivity contribution < 1.29 is 4.74 Å². The van der Waals surface area contributed by atoms with Gasteiger partial charge in [-0.05, 0) is 24.6 Å². The lowest BCUT2D eigenvalue weighted by Gasteiger charge is -2.32. The summed E-state index contributed by atoms with van der Waals surface area (Å²) in [6.45, 7) is 6.37. The first-order valence-electron chi connectivity index (χ1n) is 7.34. The molecule has 2 aromatic rings. The lowest BCUT2D eigenvalue weighted by atomic mass is 9.98. The number of rotatable bonds is 5. The molecule has 0 saturated heterocycles. The Bertz CT molecular complexity index is 583. The predicted octanol–water partition coefficient (Wildman–Crippen LogP) is 1.44. The average Bonchev–Trinajstić information content (AvgIpc) is 2.92. The fourth-order valence-electron chi connectivity index (χ4n) is 3.02. The van der Waals surface area contributed by atoms with Crippen LogP contribution < -0.4 is 0 Å². The first-order chi connectivity index (χ1) is 10.3. The predicted molar refractivity (Wildman–Crippen MR) is 78.7 cm³/mol. The molecule has 0 bridgehead atoms. The molecule has 21 heavy (non-hydrogen) atoms. The molecule has 3 rings (SSSR count). The Morgan fingerprint density at radius 3 is 2.86 bits per heavy atom. The van der Waals surface area contributed by atoms with E-state index in [1.165, 1.54) is 11.3 Å². The van der Waals surface area contributed by atoms with Gasteiger partial charge in [-0.1, -0.05) is 5.21 Å². The Kier molecular flexibility index (Phi) is 4.26. The Labute approximate surface area is 124 Å². The van der Waals surface area contributed by atoms with Crippen LogP contribution in [0.3, 0.4) is 0 Å². The zero-order chi connectivity index (χ0) is 14.7. The smallest absolute Gasteiger partial charge is 0.100 e. The van der Waals surface area contributed by atoms with Crippen LogP contribution in [-0.4, -0.2) is 45.1 Å². The molecule has 6 nitrogen and oxygen atoms in total. The minimum Gasteiger partial charge on any atom is -0.384 e. The topological polar surface area (TPSA) is 56.1 Å². The monoisotopic (exact) mass is 287 g/mol. The van der Waals surface area contributed by atoms with Gasteiger partial charge in [0.25, 0.3) is 0 Å². The maximum atomic E-state index is 5.40. The average molecular weight is 287 g/mol. The third-order valence-corrected chi connectivity index (χ3v) is 3.91. The molecule has 0 radical (unpaired) electrons. The Morgan fingerprint density at radius 2 is 2.14 bits per heavy atom. The fraction of sp³-hybridized carbons (Fsp3) is 0.533. The molecule has 0 fully saturated rings. The van der Waals surface area contributed by atoms with Crippen LogP contribution in [-0.2, 0) is 24.4 Å². The van der Waals surface area contributed by atoms with Crippen molar-refractivity contribution in [3.63, 3.8) is 0 Å². The van der Waals surface area contributed by atoms with Gasteiger partial charge in [0.1, 0.15) is 5.69 Å². The summed E-state index contributed by atoms with van der Waals surface area (Å²) in [6.07, 6.45) is 3.68. The third kappa shape index (κ3) is 2.96. The van der Waals surface area contributed by atoms with E-state index in [1.54, 1.807) is 7.11 Å². The molecule has 0 amide bonds. The second kappa shape index (κ2) is 6.32. The number of fused-ring (bicyclic) bond motifs is 1. The summed E-state index contributed by atoms with van der Waals surface area (Å²) in [4.78, 5) is 6.47. The van der Waals surface area contributed by atoms with Crippen LogP contribution in [0, 0.1) is 0 Å². The molecule has 0 saturated carbocycles. The highest BCUT2D eigenvalue weighted by atomic mass is 16.5. The van der Waals surface area contributed by atoms with E-state index >= 15 is 0 Å². The molecular weight excluding hydrogens is 266 g/mol. The first kappa shape index (κ1) is 14.2. The zero-order valence-corrected chi connectivity index (χ0v) is 12.6. The highest BCUT2D eigenvalue weighted by Crippen LogP contribution is 2.28. The van der Waals surface area contributed by atoms with Crippen LogP contribution in [0.2, 0.25) is 0 Å². The van der Waals surface area contributed by atoms with Gasteiger partial charge in [-0.2, -0.15) is 0 Å². The van der Waals surface area contributed by atoms with Crippen LogP contribution in [0.4, 0.5) is 0 Å². The van der Waals surface area contributed by atoms with E-state index in [4.69, 9.17) is 4.74 Å². The summed E-state index contributed by atoms with van der Waals surface area (Å²) in [5, 5.41) is 8.62. The van der Waals surface area contributed by atoms with Crippen molar-refractivity contribution in [2.24, 2.45) is 0 Å². The maximum Gasteiger partial charge on any atom is 0.100 e. The Hall–Kier alpha value is -1.79. The van der Waals surface area contributed by atoms with Crippen molar-refractivity contribution in [2.45, 2.75) is 32.5 Å². The van der Waals surface area contributed by atoms with Gasteiger partial charge in [0.2, 0.25) is 0 Å². The van der Waals surface area contributed by atoms with Gasteiger partial charge >= 0.3 is 0 Å². The minimum atomic E-state index is 0.329. The van der Waals surface area contributed by atoms with Crippen molar-refractivity contribution in [3.05, 3.63) is 41.5 Å². The van der Waals surface area contributed by atoms with Crippen molar-refractivity contribution in [1.29, 1.82) is 0 Å². The molecule has 112 valence electrons. The number of methoxy groups -OCH3 is 1. The number of hydrogen-bond acceptors (Lipinski definition) is 5. The molecular formula is C15H21N5O. The maximum absolute atomic E-state index is 5.40. The summed E-state index contributed by atoms with van der Waals surface area (Å²) in [6, 6.07) is 4.12. The molecule has 0 spiro atoms. The van der Waals surface area contributed by atoms with Gasteiger partial charge in [-0.3, -0.25) is 9.88 Å². The van der Waals surface area contributed by atoms with E-state index in [1.807, 2.05) is 17.1 Å². The zero-order valence-electron chi connectivity index (χ0n) is 12.6. The fourth-order valence-corrected chi connectivity index (χ4v) is 3.02. The van der Waals surface area contributed by atoms with Gasteiger partial charge < -0.3 is 4.74 Å². The summed E-state index contributed by atoms with van der Waals surface area (Å²) in [7, 11) is 1.75. The van der Waals surface area contributed by atoms with Crippen LogP contribution >= 0.6 is 0 Å². The Balaban J connectivity index is 1.81. The standard InChI is InChI=1S/C15H21N5O/c1-3-20-15-13(11-21-2)9-19(10-14(15)17-18-20)8-12-4-6-16-7-5-12/h4-7,13H,3,8-11H2,1-2H3. The molecule has 1 unspecified atom stereocenters. The second-order valence-corrected chi connectivity index (χ2v) is 5.41. The summed E-state index contributed by atoms with van der Waals surface area (Å²) in [5.74, 6) is 0.329. The van der Waals surface area contributed by atoms with Crippen LogP contribution in [0.25, 0.3) is 0 Å². The van der Waals surface area contributed by atoms with E-state index in [-0.39, 0.29) is 0 Å². The number of nitrogens with zero attached hydrogens (tertiary/aromatic N) is 5. The van der Waals surface area contributed by atoms with Crippen LogP contribution in [0.1, 0.15) is 29.8 Å². The number of hydrogen-bond donors (Lipinski definition) is 0. The van der Waals surface area contributed by atoms with Gasteiger partial charge in [0.15, 0.2) is 0 Å². The summed E-state index contributed by atoms with van der Waals surface area (Å²) >= 11 is 0. The number of ether oxygens (including phenoxy) is 1. The van der Waals surface area contributed by atoms with E-state index in [0.29, 0.717) is 12.5 Å². The summed E-state index contributed by atoms with van der Waals surface area (Å²) in [5.41, 5.74) is 3.59. The highest BCUT2D eigenvalue weighted by molar-refractivity contribution is 5.21. The van der Waals surface area contributed by atoms with Crippen LogP contribution in [0.15, 0.2) is 24.5 Å². The van der Waals surface area contributed by atoms with E-state index < -0.39 is 0 Å². The molecule has 1 aliphatic heterocycles. The van der Waals surface area contributed by atoms with Gasteiger partial charge in [0.05, 0.1) is 12.3 Å². The van der Waals surface area contributed by atoms with Gasteiger partial charge in [0, 0.05) is 51.6 Å². The van der Waals surface area contributed by atoms with E-state index in [9.17, 15) is 0 Å². The normalized spacial score (nSPS) is 18.7. The summed E-state index contributed by atoms with van der Waals surface area (Å²) < 4.78 is 7.40. The molecule has 0 N–H and O–H groups in total. The molecule has 6 heteroatoms. The first-order valence-corrected chi connectivity index (χ1v) is 7.34. The second-order valence-electron chi connectivity index (χ2n) is 5.41. The van der Waals surface area contributed by atoms with Crippen molar-refractivity contribution in [3.8, 4) is 0 Å². The number of aryl methyl sites for hydroxylation is 1. The SMILES string of the molecule is CCn1nnc2c1C(COC)CN(Cc1ccncc1)C2. The number of aromatic nitrogens is 4. The van der Waals surface area contributed by atoms with Crippen LogP contribution in [0.5, 0.6) is 0 Å². The molecule has 1 atom stereocenters. The van der Waals surface area contributed by atoms with Gasteiger partial charge in [-0.15, -0.1) is 5.10 Å². The minimum absolute atomic E-state index is 0.329. The molecule has 0 aliphatic carbocycles.